The zero-order valence-electron chi connectivity index (χ0n) is 20.2. The first-order chi connectivity index (χ1) is 19.2. The van der Waals surface area contributed by atoms with E-state index in [1.54, 1.807) is 0 Å². The van der Waals surface area contributed by atoms with Crippen molar-refractivity contribution in [3.05, 3.63) is 93.6 Å². The monoisotopic (exact) mass is 538 g/mol. The van der Waals surface area contributed by atoms with Gasteiger partial charge < -0.3 is 39.5 Å². The Kier molecular flexibility index (Phi) is 5.40. The fraction of sp³-hybridized carbons (Fsp3) is 0. The highest BCUT2D eigenvalue weighted by Gasteiger charge is 2.27. The zero-order valence-corrected chi connectivity index (χ0v) is 20.2. The van der Waals surface area contributed by atoms with Crippen molar-refractivity contribution in [1.29, 1.82) is 0 Å². The summed E-state index contributed by atoms with van der Waals surface area (Å²) in [6.07, 6.45) is 2.22. The van der Waals surface area contributed by atoms with Crippen LogP contribution in [0.4, 0.5) is 0 Å². The number of hydrogen-bond donors (Lipinski definition) is 6. The average Bonchev–Trinajstić information content (AvgIpc) is 2.91. The van der Waals surface area contributed by atoms with Crippen LogP contribution in [0.3, 0.4) is 0 Å². The van der Waals surface area contributed by atoms with E-state index in [2.05, 4.69) is 0 Å². The molecule has 0 aliphatic heterocycles. The molecule has 0 saturated heterocycles. The van der Waals surface area contributed by atoms with Crippen molar-refractivity contribution < 1.29 is 39.5 Å². The molecule has 0 atom stereocenters. The third-order valence-electron chi connectivity index (χ3n) is 6.63. The lowest BCUT2D eigenvalue weighted by Crippen LogP contribution is -2.07. The molecule has 0 unspecified atom stereocenters. The molecule has 2 heterocycles. The van der Waals surface area contributed by atoms with Crippen LogP contribution in [-0.2, 0) is 0 Å². The Balaban J connectivity index is 1.65. The van der Waals surface area contributed by atoms with E-state index < -0.39 is 39.4 Å². The molecule has 40 heavy (non-hydrogen) atoms. The number of hydrogen-bond acceptors (Lipinski definition) is 10. The van der Waals surface area contributed by atoms with Crippen LogP contribution in [-0.4, -0.2) is 30.6 Å². The maximum absolute atomic E-state index is 13.5. The van der Waals surface area contributed by atoms with Gasteiger partial charge in [0.2, 0.25) is 10.9 Å². The number of rotatable bonds is 3. The second-order valence-electron chi connectivity index (χ2n) is 9.04. The van der Waals surface area contributed by atoms with Gasteiger partial charge in [-0.15, -0.1) is 0 Å². The van der Waals surface area contributed by atoms with Gasteiger partial charge in [-0.1, -0.05) is 24.3 Å². The number of fused-ring (bicyclic) bond motifs is 2. The summed E-state index contributed by atoms with van der Waals surface area (Å²) < 4.78 is 11.2. The van der Waals surface area contributed by atoms with Crippen LogP contribution in [0.25, 0.3) is 55.3 Å². The van der Waals surface area contributed by atoms with Crippen molar-refractivity contribution in [1.82, 2.24) is 0 Å². The molecule has 0 amide bonds. The van der Waals surface area contributed by atoms with Gasteiger partial charge in [0.05, 0.1) is 22.3 Å². The first kappa shape index (κ1) is 24.4. The van der Waals surface area contributed by atoms with Gasteiger partial charge in [-0.05, 0) is 35.4 Å². The summed E-state index contributed by atoms with van der Waals surface area (Å²) in [5.41, 5.74) is -1.86. The molecule has 0 aliphatic carbocycles. The minimum atomic E-state index is -0.767. The Bertz CT molecular complexity index is 2090. The average molecular weight is 538 g/mol. The Morgan fingerprint density at radius 3 is 1.60 bits per heavy atom. The summed E-state index contributed by atoms with van der Waals surface area (Å²) in [5.74, 6) is -2.71. The summed E-state index contributed by atoms with van der Waals surface area (Å²) in [6.45, 7) is 0. The minimum Gasteiger partial charge on any atom is -0.508 e. The van der Waals surface area contributed by atoms with Crippen LogP contribution < -0.4 is 10.9 Å². The molecule has 10 nitrogen and oxygen atoms in total. The van der Waals surface area contributed by atoms with Gasteiger partial charge in [0, 0.05) is 12.1 Å². The van der Waals surface area contributed by atoms with Crippen molar-refractivity contribution in [3.63, 3.8) is 0 Å². The first-order valence-electron chi connectivity index (χ1n) is 11.8. The van der Waals surface area contributed by atoms with Crippen LogP contribution in [0.15, 0.2) is 91.6 Å². The highest BCUT2D eigenvalue weighted by atomic mass is 16.3. The van der Waals surface area contributed by atoms with E-state index in [0.29, 0.717) is 11.1 Å². The SMILES string of the molecule is O=c1c(-c2ccc(O)cc2)coc2cc(O)c(-c3c(O)cc(O)c4c(=O)c(-c5ccc(O)cc5)coc34)c(O)c12. The fourth-order valence-corrected chi connectivity index (χ4v) is 4.70. The molecular weight excluding hydrogens is 520 g/mol. The molecule has 2 aromatic heterocycles. The van der Waals surface area contributed by atoms with E-state index in [0.717, 1.165) is 24.7 Å². The van der Waals surface area contributed by atoms with Gasteiger partial charge in [-0.25, -0.2) is 0 Å². The molecule has 6 rings (SSSR count). The molecule has 0 fully saturated rings. The number of phenolic OH excluding ortho intramolecular Hbond substituents is 6. The van der Waals surface area contributed by atoms with Crippen molar-refractivity contribution in [2.75, 3.05) is 0 Å². The van der Waals surface area contributed by atoms with Crippen LogP contribution in [0.2, 0.25) is 0 Å². The van der Waals surface area contributed by atoms with Crippen LogP contribution in [0, 0.1) is 0 Å². The van der Waals surface area contributed by atoms with E-state index in [4.69, 9.17) is 8.83 Å². The van der Waals surface area contributed by atoms with E-state index in [1.165, 1.54) is 48.5 Å². The summed E-state index contributed by atoms with van der Waals surface area (Å²) >= 11 is 0. The van der Waals surface area contributed by atoms with Gasteiger partial charge in [0.1, 0.15) is 63.4 Å². The van der Waals surface area contributed by atoms with E-state index in [-0.39, 0.29) is 50.1 Å². The summed E-state index contributed by atoms with van der Waals surface area (Å²) in [6, 6.07) is 13.3. The number of phenols is 6. The maximum atomic E-state index is 13.5. The van der Waals surface area contributed by atoms with E-state index in [1.807, 2.05) is 0 Å². The molecule has 0 saturated carbocycles. The minimum absolute atomic E-state index is 0.0197. The zero-order chi connectivity index (χ0) is 28.3. The highest BCUT2D eigenvalue weighted by Crippen LogP contribution is 2.49. The van der Waals surface area contributed by atoms with Gasteiger partial charge in [-0.2, -0.15) is 0 Å². The van der Waals surface area contributed by atoms with Crippen LogP contribution in [0.5, 0.6) is 34.5 Å². The molecule has 0 aliphatic rings. The van der Waals surface area contributed by atoms with Gasteiger partial charge in [0.25, 0.3) is 0 Å². The molecule has 0 radical (unpaired) electrons. The standard InChI is InChI=1S/C30H18O10/c31-15-5-1-13(2-6-15)17-11-39-22-10-21(35)23(29(38)26(22)28(17)37)24-19(33)9-20(34)25-27(36)18(12-40-30(24)25)14-3-7-16(32)8-4-14/h1-12,31-35,38H. The lowest BCUT2D eigenvalue weighted by molar-refractivity contribution is 0.444. The smallest absolute Gasteiger partial charge is 0.204 e. The van der Waals surface area contributed by atoms with Gasteiger partial charge in [-0.3, -0.25) is 9.59 Å². The Hall–Kier alpha value is -5.90. The largest absolute Gasteiger partial charge is 0.508 e. The quantitative estimate of drug-likeness (QED) is 0.177. The van der Waals surface area contributed by atoms with Crippen molar-refractivity contribution in [3.8, 4) is 67.9 Å². The lowest BCUT2D eigenvalue weighted by atomic mass is 9.95. The Labute approximate surface area is 223 Å². The Morgan fingerprint density at radius 1 is 0.525 bits per heavy atom. The molecule has 10 heteroatoms. The predicted octanol–water partition coefficient (Wildman–Crippen LogP) is 5.13. The predicted molar refractivity (Wildman–Crippen MR) is 145 cm³/mol. The maximum Gasteiger partial charge on any atom is 0.204 e. The van der Waals surface area contributed by atoms with Crippen molar-refractivity contribution in [2.24, 2.45) is 0 Å². The Morgan fingerprint density at radius 2 is 1.02 bits per heavy atom. The van der Waals surface area contributed by atoms with Crippen LogP contribution >= 0.6 is 0 Å². The van der Waals surface area contributed by atoms with Crippen molar-refractivity contribution in [2.45, 2.75) is 0 Å². The topological polar surface area (TPSA) is 182 Å². The highest BCUT2D eigenvalue weighted by molar-refractivity contribution is 6.06. The molecule has 6 aromatic rings. The third kappa shape index (κ3) is 3.66. The van der Waals surface area contributed by atoms with Gasteiger partial charge in [0.15, 0.2) is 5.58 Å². The van der Waals surface area contributed by atoms with Gasteiger partial charge >= 0.3 is 0 Å². The number of benzene rings is 4. The second-order valence-corrected chi connectivity index (χ2v) is 9.04. The number of aromatic hydroxyl groups is 6. The first-order valence-corrected chi connectivity index (χ1v) is 11.8. The lowest BCUT2D eigenvalue weighted by Gasteiger charge is -2.15. The molecule has 198 valence electrons. The summed E-state index contributed by atoms with van der Waals surface area (Å²) in [7, 11) is 0. The van der Waals surface area contributed by atoms with Crippen LogP contribution in [0.1, 0.15) is 0 Å². The molecule has 0 bridgehead atoms. The molecule has 0 spiro atoms. The summed E-state index contributed by atoms with van der Waals surface area (Å²) in [4.78, 5) is 26.9. The fourth-order valence-electron chi connectivity index (χ4n) is 4.70. The molecule has 6 N–H and O–H groups in total. The normalized spacial score (nSPS) is 11.3. The summed E-state index contributed by atoms with van der Waals surface area (Å²) in [5, 5.41) is 62.0. The second kappa shape index (κ2) is 8.84. The third-order valence-corrected chi connectivity index (χ3v) is 6.63. The van der Waals surface area contributed by atoms with E-state index in [9.17, 15) is 40.2 Å². The molecule has 4 aromatic carbocycles. The van der Waals surface area contributed by atoms with E-state index >= 15 is 0 Å². The molecular formula is C30H18O10. The van der Waals surface area contributed by atoms with Crippen molar-refractivity contribution >= 4 is 21.9 Å².